The molecule has 0 aliphatic carbocycles. The van der Waals surface area contributed by atoms with Gasteiger partial charge < -0.3 is 4.90 Å². The van der Waals surface area contributed by atoms with Crippen molar-refractivity contribution in [3.63, 3.8) is 0 Å². The topological polar surface area (TPSA) is 38.1 Å². The Morgan fingerprint density at radius 1 is 1.37 bits per heavy atom. The zero-order valence-corrected chi connectivity index (χ0v) is 11.3. The predicted molar refractivity (Wildman–Crippen MR) is 74.4 cm³/mol. The summed E-state index contributed by atoms with van der Waals surface area (Å²) < 4.78 is 1.82. The Morgan fingerprint density at radius 3 is 2.89 bits per heavy atom. The molecule has 19 heavy (non-hydrogen) atoms. The summed E-state index contributed by atoms with van der Waals surface area (Å²) in [6, 6.07) is 8.04. The van der Waals surface area contributed by atoms with Gasteiger partial charge in [0.25, 0.3) is 0 Å². The van der Waals surface area contributed by atoms with Crippen LogP contribution in [-0.2, 0) is 20.0 Å². The zero-order valence-electron chi connectivity index (χ0n) is 11.3. The van der Waals surface area contributed by atoms with Crippen LogP contribution in [0.3, 0.4) is 0 Å². The fourth-order valence-electron chi connectivity index (χ4n) is 2.60. The molecule has 0 fully saturated rings. The minimum Gasteiger partial charge on any atom is -0.365 e. The van der Waals surface area contributed by atoms with Crippen LogP contribution in [-0.4, -0.2) is 22.1 Å². The van der Waals surface area contributed by atoms with Crippen LogP contribution in [0.1, 0.15) is 28.5 Å². The molecule has 4 nitrogen and oxygen atoms in total. The van der Waals surface area contributed by atoms with Gasteiger partial charge in [-0.05, 0) is 43.2 Å². The minimum absolute atomic E-state index is 0.131. The van der Waals surface area contributed by atoms with Gasteiger partial charge in [0, 0.05) is 31.0 Å². The van der Waals surface area contributed by atoms with Crippen molar-refractivity contribution >= 4 is 11.5 Å². The smallest absolute Gasteiger partial charge is 0.159 e. The van der Waals surface area contributed by atoms with Gasteiger partial charge in [-0.25, -0.2) is 0 Å². The number of hydrogen-bond donors (Lipinski definition) is 0. The number of carbonyl (C=O) groups excluding carboxylic acids is 1. The number of aryl methyl sites for hydroxylation is 1. The molecule has 0 saturated heterocycles. The number of rotatable bonds is 3. The summed E-state index contributed by atoms with van der Waals surface area (Å²) in [5.74, 6) is 0.131. The second kappa shape index (κ2) is 4.53. The second-order valence-corrected chi connectivity index (χ2v) is 5.05. The van der Waals surface area contributed by atoms with Gasteiger partial charge in [-0.2, -0.15) is 5.10 Å². The third-order valence-corrected chi connectivity index (χ3v) is 3.60. The van der Waals surface area contributed by atoms with Crippen LogP contribution in [0.5, 0.6) is 0 Å². The van der Waals surface area contributed by atoms with E-state index in [2.05, 4.69) is 16.1 Å². The first-order valence-corrected chi connectivity index (χ1v) is 6.51. The Labute approximate surface area is 112 Å². The first kappa shape index (κ1) is 12.0. The molecule has 1 aromatic heterocycles. The number of benzene rings is 1. The summed E-state index contributed by atoms with van der Waals surface area (Å²) in [4.78, 5) is 13.7. The lowest BCUT2D eigenvalue weighted by Crippen LogP contribution is -2.20. The van der Waals surface area contributed by atoms with E-state index in [-0.39, 0.29) is 5.78 Å². The molecule has 0 bridgehead atoms. The number of hydrogen-bond acceptors (Lipinski definition) is 3. The molecule has 2 heterocycles. The molecule has 0 amide bonds. The van der Waals surface area contributed by atoms with E-state index in [1.54, 1.807) is 6.92 Å². The molecule has 0 N–H and O–H groups in total. The first-order valence-electron chi connectivity index (χ1n) is 6.51. The molecule has 0 spiro atoms. The Balaban J connectivity index is 1.84. The summed E-state index contributed by atoms with van der Waals surface area (Å²) in [6.45, 7) is 3.43. The summed E-state index contributed by atoms with van der Waals surface area (Å²) >= 11 is 0. The number of nitrogens with zero attached hydrogens (tertiary/aromatic N) is 3. The SMILES string of the molecule is CC(=O)c1ccc2c(c1)CCN2Cc1ccn(C)n1. The van der Waals surface area contributed by atoms with Crippen LogP contribution in [0.2, 0.25) is 0 Å². The lowest BCUT2D eigenvalue weighted by molar-refractivity contribution is 0.101. The molecule has 1 aliphatic rings. The van der Waals surface area contributed by atoms with Gasteiger partial charge >= 0.3 is 0 Å². The molecule has 0 atom stereocenters. The molecule has 2 aromatic rings. The van der Waals surface area contributed by atoms with Gasteiger partial charge in [0.2, 0.25) is 0 Å². The monoisotopic (exact) mass is 255 g/mol. The van der Waals surface area contributed by atoms with Crippen LogP contribution in [0.25, 0.3) is 0 Å². The van der Waals surface area contributed by atoms with Crippen LogP contribution in [0.4, 0.5) is 5.69 Å². The Hall–Kier alpha value is -2.10. The highest BCUT2D eigenvalue weighted by atomic mass is 16.1. The second-order valence-electron chi connectivity index (χ2n) is 5.05. The van der Waals surface area contributed by atoms with Crippen LogP contribution in [0, 0.1) is 0 Å². The van der Waals surface area contributed by atoms with Crippen molar-refractivity contribution < 1.29 is 4.79 Å². The van der Waals surface area contributed by atoms with E-state index in [0.717, 1.165) is 30.8 Å². The fraction of sp³-hybridized carbons (Fsp3) is 0.333. The van der Waals surface area contributed by atoms with Crippen molar-refractivity contribution in [3.05, 3.63) is 47.3 Å². The van der Waals surface area contributed by atoms with Crippen molar-refractivity contribution in [2.75, 3.05) is 11.4 Å². The van der Waals surface area contributed by atoms with Gasteiger partial charge in [-0.3, -0.25) is 9.48 Å². The number of ketones is 1. The lowest BCUT2D eigenvalue weighted by atomic mass is 10.1. The number of carbonyl (C=O) groups is 1. The van der Waals surface area contributed by atoms with Gasteiger partial charge in [0.1, 0.15) is 0 Å². The van der Waals surface area contributed by atoms with Crippen molar-refractivity contribution in [2.45, 2.75) is 19.9 Å². The minimum atomic E-state index is 0.131. The number of aromatic nitrogens is 2. The van der Waals surface area contributed by atoms with Crippen molar-refractivity contribution in [1.29, 1.82) is 0 Å². The third-order valence-electron chi connectivity index (χ3n) is 3.60. The average Bonchev–Trinajstić information content (AvgIpc) is 2.96. The van der Waals surface area contributed by atoms with Gasteiger partial charge in [0.15, 0.2) is 5.78 Å². The summed E-state index contributed by atoms with van der Waals surface area (Å²) in [7, 11) is 1.93. The quantitative estimate of drug-likeness (QED) is 0.789. The molecular formula is C15H17N3O. The maximum atomic E-state index is 11.4. The molecule has 0 saturated carbocycles. The molecule has 3 rings (SSSR count). The summed E-state index contributed by atoms with van der Waals surface area (Å²) in [5, 5.41) is 4.41. The zero-order chi connectivity index (χ0) is 13.4. The van der Waals surface area contributed by atoms with Crippen LogP contribution < -0.4 is 4.90 Å². The molecule has 4 heteroatoms. The highest BCUT2D eigenvalue weighted by molar-refractivity contribution is 5.94. The number of fused-ring (bicyclic) bond motifs is 1. The predicted octanol–water partition coefficient (Wildman–Crippen LogP) is 2.19. The Kier molecular flexibility index (Phi) is 2.85. The molecule has 1 aliphatic heterocycles. The standard InChI is InChI=1S/C15H17N3O/c1-11(19)12-3-4-15-13(9-12)5-8-18(15)10-14-6-7-17(2)16-14/h3-4,6-7,9H,5,8,10H2,1-2H3. The lowest BCUT2D eigenvalue weighted by Gasteiger charge is -2.18. The van der Waals surface area contributed by atoms with Gasteiger partial charge in [-0.15, -0.1) is 0 Å². The summed E-state index contributed by atoms with van der Waals surface area (Å²) in [5.41, 5.74) is 4.38. The molecule has 0 radical (unpaired) electrons. The van der Waals surface area contributed by atoms with Gasteiger partial charge in [-0.1, -0.05) is 0 Å². The Bertz CT molecular complexity index is 630. The van der Waals surface area contributed by atoms with E-state index < -0.39 is 0 Å². The first-order chi connectivity index (χ1) is 9.13. The van der Waals surface area contributed by atoms with Crippen molar-refractivity contribution in [3.8, 4) is 0 Å². The highest BCUT2D eigenvalue weighted by Crippen LogP contribution is 2.30. The number of Topliss-reactive ketones (excluding diaryl/α,β-unsaturated/α-hetero) is 1. The highest BCUT2D eigenvalue weighted by Gasteiger charge is 2.20. The average molecular weight is 255 g/mol. The number of anilines is 1. The fourth-order valence-corrected chi connectivity index (χ4v) is 2.60. The van der Waals surface area contributed by atoms with E-state index in [1.165, 1.54) is 11.3 Å². The largest absolute Gasteiger partial charge is 0.365 e. The maximum Gasteiger partial charge on any atom is 0.159 e. The summed E-state index contributed by atoms with van der Waals surface area (Å²) in [6.07, 6.45) is 2.97. The van der Waals surface area contributed by atoms with E-state index in [0.29, 0.717) is 0 Å². The maximum absolute atomic E-state index is 11.4. The van der Waals surface area contributed by atoms with E-state index in [1.807, 2.05) is 36.1 Å². The van der Waals surface area contributed by atoms with Crippen molar-refractivity contribution in [1.82, 2.24) is 9.78 Å². The van der Waals surface area contributed by atoms with Crippen LogP contribution >= 0.6 is 0 Å². The van der Waals surface area contributed by atoms with E-state index in [4.69, 9.17) is 0 Å². The molecular weight excluding hydrogens is 238 g/mol. The Morgan fingerprint density at radius 2 is 2.21 bits per heavy atom. The van der Waals surface area contributed by atoms with Gasteiger partial charge in [0.05, 0.1) is 12.2 Å². The molecule has 98 valence electrons. The third kappa shape index (κ3) is 2.26. The molecule has 0 unspecified atom stereocenters. The normalized spacial score (nSPS) is 13.7. The van der Waals surface area contributed by atoms with Crippen molar-refractivity contribution in [2.24, 2.45) is 7.05 Å². The van der Waals surface area contributed by atoms with Crippen LogP contribution in [0.15, 0.2) is 30.5 Å². The molecule has 1 aromatic carbocycles. The van der Waals surface area contributed by atoms with E-state index >= 15 is 0 Å². The van der Waals surface area contributed by atoms with E-state index in [9.17, 15) is 4.79 Å².